The number of hydrogen-bond acceptors (Lipinski definition) is 3. The molecular formula is C17H14N2O2. The van der Waals surface area contributed by atoms with Crippen LogP contribution in [0.25, 0.3) is 10.8 Å². The van der Waals surface area contributed by atoms with Crippen molar-refractivity contribution in [1.82, 2.24) is 5.43 Å². The molecule has 0 atom stereocenters. The summed E-state index contributed by atoms with van der Waals surface area (Å²) in [6.45, 7) is 0. The maximum absolute atomic E-state index is 11.9. The molecule has 104 valence electrons. The van der Waals surface area contributed by atoms with Crippen LogP contribution in [0.1, 0.15) is 11.3 Å². The molecule has 3 aromatic rings. The molecule has 3 rings (SSSR count). The van der Waals surface area contributed by atoms with Gasteiger partial charge < -0.3 is 4.42 Å². The standard InChI is InChI=1S/C17H14N2O2/c20-17(19-18-12-15-8-4-10-21-15)11-14-7-3-6-13-5-1-2-9-16(13)14/h1-10,12H,11H2,(H,19,20). The highest BCUT2D eigenvalue weighted by atomic mass is 16.3. The van der Waals surface area contributed by atoms with Crippen molar-refractivity contribution in [2.24, 2.45) is 5.10 Å². The van der Waals surface area contributed by atoms with Crippen molar-refractivity contribution in [2.45, 2.75) is 6.42 Å². The van der Waals surface area contributed by atoms with Gasteiger partial charge in [-0.1, -0.05) is 42.5 Å². The molecule has 4 heteroatoms. The molecule has 0 aliphatic rings. The maximum atomic E-state index is 11.9. The van der Waals surface area contributed by atoms with E-state index in [0.717, 1.165) is 16.3 Å². The van der Waals surface area contributed by atoms with Crippen molar-refractivity contribution in [3.63, 3.8) is 0 Å². The number of hydrazone groups is 1. The Morgan fingerprint density at radius 1 is 1.10 bits per heavy atom. The SMILES string of the molecule is O=C(Cc1cccc2ccccc12)NN=Cc1ccco1. The Kier molecular flexibility index (Phi) is 3.78. The molecule has 1 amide bonds. The van der Waals surface area contributed by atoms with Crippen molar-refractivity contribution in [1.29, 1.82) is 0 Å². The molecule has 0 radical (unpaired) electrons. The van der Waals surface area contributed by atoms with Gasteiger partial charge in [-0.25, -0.2) is 5.43 Å². The average Bonchev–Trinajstić information content (AvgIpc) is 3.01. The van der Waals surface area contributed by atoms with E-state index in [1.165, 1.54) is 6.21 Å². The number of furan rings is 1. The summed E-state index contributed by atoms with van der Waals surface area (Å²) in [5.41, 5.74) is 3.49. The Labute approximate surface area is 122 Å². The predicted molar refractivity (Wildman–Crippen MR) is 82.1 cm³/mol. The van der Waals surface area contributed by atoms with Crippen LogP contribution in [0, 0.1) is 0 Å². The molecule has 4 nitrogen and oxygen atoms in total. The van der Waals surface area contributed by atoms with Crippen molar-refractivity contribution < 1.29 is 9.21 Å². The van der Waals surface area contributed by atoms with Crippen LogP contribution in [-0.2, 0) is 11.2 Å². The van der Waals surface area contributed by atoms with Crippen molar-refractivity contribution in [2.75, 3.05) is 0 Å². The molecule has 0 fully saturated rings. The molecule has 0 aliphatic carbocycles. The molecule has 0 spiro atoms. The second-order valence-corrected chi connectivity index (χ2v) is 4.62. The lowest BCUT2D eigenvalue weighted by molar-refractivity contribution is -0.120. The highest BCUT2D eigenvalue weighted by molar-refractivity contribution is 5.90. The highest BCUT2D eigenvalue weighted by Gasteiger charge is 2.05. The first-order valence-corrected chi connectivity index (χ1v) is 6.65. The Morgan fingerprint density at radius 2 is 1.95 bits per heavy atom. The van der Waals surface area contributed by atoms with Crippen molar-refractivity contribution in [3.8, 4) is 0 Å². The van der Waals surface area contributed by atoms with Gasteiger partial charge in [0, 0.05) is 0 Å². The molecule has 1 aromatic heterocycles. The zero-order chi connectivity index (χ0) is 14.5. The van der Waals surface area contributed by atoms with E-state index in [1.54, 1.807) is 18.4 Å². The highest BCUT2D eigenvalue weighted by Crippen LogP contribution is 2.18. The minimum absolute atomic E-state index is 0.158. The summed E-state index contributed by atoms with van der Waals surface area (Å²) >= 11 is 0. The average molecular weight is 278 g/mol. The number of carbonyl (C=O) groups is 1. The third kappa shape index (κ3) is 3.17. The van der Waals surface area contributed by atoms with E-state index >= 15 is 0 Å². The van der Waals surface area contributed by atoms with E-state index < -0.39 is 0 Å². The Hall–Kier alpha value is -2.88. The molecule has 1 heterocycles. The number of fused-ring (bicyclic) bond motifs is 1. The molecule has 0 bridgehead atoms. The minimum Gasteiger partial charge on any atom is -0.463 e. The van der Waals surface area contributed by atoms with Crippen LogP contribution in [0.15, 0.2) is 70.4 Å². The summed E-state index contributed by atoms with van der Waals surface area (Å²) in [6.07, 6.45) is 3.32. The van der Waals surface area contributed by atoms with Gasteiger partial charge in [0.15, 0.2) is 0 Å². The largest absolute Gasteiger partial charge is 0.463 e. The summed E-state index contributed by atoms with van der Waals surface area (Å²) in [5.74, 6) is 0.439. The first kappa shape index (κ1) is 13.1. The maximum Gasteiger partial charge on any atom is 0.244 e. The summed E-state index contributed by atoms with van der Waals surface area (Å²) < 4.78 is 5.09. The van der Waals surface area contributed by atoms with Gasteiger partial charge in [-0.2, -0.15) is 5.10 Å². The van der Waals surface area contributed by atoms with E-state index in [9.17, 15) is 4.79 Å². The molecule has 2 aromatic carbocycles. The molecule has 0 saturated carbocycles. The van der Waals surface area contributed by atoms with E-state index in [0.29, 0.717) is 5.76 Å². The molecule has 0 saturated heterocycles. The Morgan fingerprint density at radius 3 is 2.81 bits per heavy atom. The normalized spacial score (nSPS) is 11.0. The van der Waals surface area contributed by atoms with Gasteiger partial charge in [-0.3, -0.25) is 4.79 Å². The number of benzene rings is 2. The number of rotatable bonds is 4. The minimum atomic E-state index is -0.158. The first-order chi connectivity index (χ1) is 10.3. The van der Waals surface area contributed by atoms with Crippen LogP contribution in [-0.4, -0.2) is 12.1 Å². The molecule has 21 heavy (non-hydrogen) atoms. The van der Waals surface area contributed by atoms with Gasteiger partial charge in [0.2, 0.25) is 5.91 Å². The summed E-state index contributed by atoms with van der Waals surface area (Å²) in [7, 11) is 0. The van der Waals surface area contributed by atoms with Crippen LogP contribution in [0.5, 0.6) is 0 Å². The third-order valence-electron chi connectivity index (χ3n) is 3.16. The molecule has 0 aliphatic heterocycles. The number of hydrogen-bond donors (Lipinski definition) is 1. The molecular weight excluding hydrogens is 264 g/mol. The lowest BCUT2D eigenvalue weighted by Gasteiger charge is -2.05. The van der Waals surface area contributed by atoms with E-state index in [-0.39, 0.29) is 12.3 Å². The zero-order valence-electron chi connectivity index (χ0n) is 11.3. The van der Waals surface area contributed by atoms with Crippen molar-refractivity contribution >= 4 is 22.9 Å². The zero-order valence-corrected chi connectivity index (χ0v) is 11.3. The number of nitrogens with one attached hydrogen (secondary N) is 1. The quantitative estimate of drug-likeness (QED) is 0.589. The van der Waals surface area contributed by atoms with Crippen molar-refractivity contribution in [3.05, 3.63) is 72.2 Å². The summed E-state index contributed by atoms with van der Waals surface area (Å²) in [4.78, 5) is 11.9. The smallest absolute Gasteiger partial charge is 0.244 e. The van der Waals surface area contributed by atoms with E-state index in [2.05, 4.69) is 10.5 Å². The third-order valence-corrected chi connectivity index (χ3v) is 3.16. The van der Waals surface area contributed by atoms with E-state index in [4.69, 9.17) is 4.42 Å². The van der Waals surface area contributed by atoms with Gasteiger partial charge in [0.25, 0.3) is 0 Å². The monoisotopic (exact) mass is 278 g/mol. The predicted octanol–water partition coefficient (Wildman–Crippen LogP) is 3.13. The Balaban J connectivity index is 1.69. The fourth-order valence-corrected chi connectivity index (χ4v) is 2.19. The second kappa shape index (κ2) is 6.05. The molecule has 0 unspecified atom stereocenters. The van der Waals surface area contributed by atoms with Gasteiger partial charge in [-0.15, -0.1) is 0 Å². The summed E-state index contributed by atoms with van der Waals surface area (Å²) in [6, 6.07) is 17.5. The van der Waals surface area contributed by atoms with Crippen LogP contribution in [0.2, 0.25) is 0 Å². The number of amides is 1. The first-order valence-electron chi connectivity index (χ1n) is 6.65. The van der Waals surface area contributed by atoms with Gasteiger partial charge in [-0.05, 0) is 28.5 Å². The fraction of sp³-hybridized carbons (Fsp3) is 0.0588. The lowest BCUT2D eigenvalue weighted by Crippen LogP contribution is -2.19. The Bertz CT molecular complexity index is 771. The van der Waals surface area contributed by atoms with Gasteiger partial charge >= 0.3 is 0 Å². The number of nitrogens with zero attached hydrogens (tertiary/aromatic N) is 1. The van der Waals surface area contributed by atoms with Gasteiger partial charge in [0.1, 0.15) is 5.76 Å². The van der Waals surface area contributed by atoms with Crippen LogP contribution in [0.3, 0.4) is 0 Å². The van der Waals surface area contributed by atoms with Crippen LogP contribution in [0.4, 0.5) is 0 Å². The summed E-state index contributed by atoms with van der Waals surface area (Å²) in [5, 5.41) is 6.09. The molecule has 1 N–H and O–H groups in total. The number of carbonyl (C=O) groups excluding carboxylic acids is 1. The van der Waals surface area contributed by atoms with E-state index in [1.807, 2.05) is 42.5 Å². The van der Waals surface area contributed by atoms with Gasteiger partial charge in [0.05, 0.1) is 18.9 Å². The van der Waals surface area contributed by atoms with Crippen LogP contribution >= 0.6 is 0 Å². The van der Waals surface area contributed by atoms with Crippen LogP contribution < -0.4 is 5.43 Å². The lowest BCUT2D eigenvalue weighted by atomic mass is 10.0. The topological polar surface area (TPSA) is 54.6 Å². The second-order valence-electron chi connectivity index (χ2n) is 4.62. The fourth-order valence-electron chi connectivity index (χ4n) is 2.19.